The zero-order valence-corrected chi connectivity index (χ0v) is 9.38. The van der Waals surface area contributed by atoms with E-state index in [9.17, 15) is 0 Å². The van der Waals surface area contributed by atoms with Crippen LogP contribution < -0.4 is 5.84 Å². The van der Waals surface area contributed by atoms with Crippen molar-refractivity contribution in [3.63, 3.8) is 0 Å². The first-order valence-electron chi connectivity index (χ1n) is 5.07. The Balaban J connectivity index is 2.38. The molecule has 2 aromatic rings. The van der Waals surface area contributed by atoms with Gasteiger partial charge in [0.25, 0.3) is 0 Å². The molecule has 0 saturated carbocycles. The minimum absolute atomic E-state index is 0.979. The number of benzene rings is 1. The number of hydrazone groups is 1. The average Bonchev–Trinajstić information content (AvgIpc) is 2.59. The van der Waals surface area contributed by atoms with E-state index in [1.54, 1.807) is 6.21 Å². The Hall–Kier alpha value is -2.10. The minimum atomic E-state index is 0.979. The van der Waals surface area contributed by atoms with Crippen LogP contribution in [0.2, 0.25) is 0 Å². The lowest BCUT2D eigenvalue weighted by Crippen LogP contribution is -1.99. The van der Waals surface area contributed by atoms with Crippen LogP contribution in [0.1, 0.15) is 17.0 Å². The molecule has 0 saturated heterocycles. The van der Waals surface area contributed by atoms with Crippen LogP contribution in [0, 0.1) is 13.8 Å². The van der Waals surface area contributed by atoms with Gasteiger partial charge in [0.1, 0.15) is 0 Å². The molecule has 1 aromatic heterocycles. The van der Waals surface area contributed by atoms with Crippen molar-refractivity contribution >= 4 is 6.21 Å². The molecule has 0 atom stereocenters. The third-order valence-electron chi connectivity index (χ3n) is 2.37. The zero-order chi connectivity index (χ0) is 11.5. The second-order valence-corrected chi connectivity index (χ2v) is 3.71. The predicted octanol–water partition coefficient (Wildman–Crippen LogP) is 1.78. The first-order chi connectivity index (χ1) is 7.70. The zero-order valence-electron chi connectivity index (χ0n) is 9.38. The van der Waals surface area contributed by atoms with Crippen LogP contribution in [-0.4, -0.2) is 16.0 Å². The molecule has 4 nitrogen and oxygen atoms in total. The summed E-state index contributed by atoms with van der Waals surface area (Å²) in [6, 6.07) is 9.96. The third-order valence-corrected chi connectivity index (χ3v) is 2.37. The largest absolute Gasteiger partial charge is 0.323 e. The molecule has 82 valence electrons. The molecule has 0 radical (unpaired) electrons. The molecule has 1 heterocycles. The Morgan fingerprint density at radius 2 is 1.94 bits per heavy atom. The van der Waals surface area contributed by atoms with Crippen molar-refractivity contribution < 1.29 is 0 Å². The standard InChI is InChI=1S/C12H14N4/c1-9-7-10(2)16(15-9)12-5-3-11(4-6-12)8-14-13/h3-8H,13H2,1-2H3. The molecule has 16 heavy (non-hydrogen) atoms. The molecule has 0 aliphatic carbocycles. The number of rotatable bonds is 2. The molecule has 0 unspecified atom stereocenters. The highest BCUT2D eigenvalue weighted by Gasteiger charge is 2.02. The SMILES string of the molecule is Cc1cc(C)n(-c2ccc(C=NN)cc2)n1. The van der Waals surface area contributed by atoms with E-state index in [0.29, 0.717) is 0 Å². The van der Waals surface area contributed by atoms with Gasteiger partial charge in [-0.05, 0) is 37.6 Å². The maximum absolute atomic E-state index is 5.09. The van der Waals surface area contributed by atoms with Crippen molar-refractivity contribution in [3.05, 3.63) is 47.3 Å². The quantitative estimate of drug-likeness (QED) is 0.470. The van der Waals surface area contributed by atoms with E-state index < -0.39 is 0 Å². The fourth-order valence-corrected chi connectivity index (χ4v) is 1.68. The summed E-state index contributed by atoms with van der Waals surface area (Å²) in [6.07, 6.45) is 1.62. The van der Waals surface area contributed by atoms with E-state index in [-0.39, 0.29) is 0 Å². The number of hydrogen-bond donors (Lipinski definition) is 1. The third kappa shape index (κ3) is 1.95. The van der Waals surface area contributed by atoms with Crippen LogP contribution in [0.3, 0.4) is 0 Å². The maximum Gasteiger partial charge on any atom is 0.0649 e. The van der Waals surface area contributed by atoms with Crippen molar-refractivity contribution in [2.75, 3.05) is 0 Å². The Morgan fingerprint density at radius 1 is 1.25 bits per heavy atom. The molecule has 0 aliphatic heterocycles. The van der Waals surface area contributed by atoms with E-state index in [1.165, 1.54) is 0 Å². The molecule has 0 amide bonds. The van der Waals surface area contributed by atoms with Gasteiger partial charge in [-0.15, -0.1) is 0 Å². The van der Waals surface area contributed by atoms with Crippen LogP contribution in [0.5, 0.6) is 0 Å². The molecule has 0 fully saturated rings. The van der Waals surface area contributed by atoms with Gasteiger partial charge in [-0.1, -0.05) is 12.1 Å². The molecule has 0 spiro atoms. The summed E-state index contributed by atoms with van der Waals surface area (Å²) in [4.78, 5) is 0. The average molecular weight is 214 g/mol. The summed E-state index contributed by atoms with van der Waals surface area (Å²) in [5.41, 5.74) is 4.16. The summed E-state index contributed by atoms with van der Waals surface area (Å²) in [7, 11) is 0. The summed E-state index contributed by atoms with van der Waals surface area (Å²) in [5, 5.41) is 7.90. The van der Waals surface area contributed by atoms with Crippen molar-refractivity contribution in [3.8, 4) is 5.69 Å². The number of aryl methyl sites for hydroxylation is 2. The lowest BCUT2D eigenvalue weighted by atomic mass is 10.2. The molecule has 2 rings (SSSR count). The van der Waals surface area contributed by atoms with E-state index in [4.69, 9.17) is 5.84 Å². The van der Waals surface area contributed by atoms with Gasteiger partial charge in [0.2, 0.25) is 0 Å². The molecule has 4 heteroatoms. The van der Waals surface area contributed by atoms with Crippen LogP contribution in [0.25, 0.3) is 5.69 Å². The van der Waals surface area contributed by atoms with Gasteiger partial charge >= 0.3 is 0 Å². The summed E-state index contributed by atoms with van der Waals surface area (Å²) >= 11 is 0. The highest BCUT2D eigenvalue weighted by atomic mass is 15.3. The van der Waals surface area contributed by atoms with Gasteiger partial charge in [-0.2, -0.15) is 10.2 Å². The highest BCUT2D eigenvalue weighted by molar-refractivity contribution is 5.79. The van der Waals surface area contributed by atoms with Crippen LogP contribution in [-0.2, 0) is 0 Å². The molecule has 2 N–H and O–H groups in total. The van der Waals surface area contributed by atoms with Gasteiger partial charge in [-0.3, -0.25) is 0 Å². The number of hydrogen-bond acceptors (Lipinski definition) is 3. The van der Waals surface area contributed by atoms with E-state index >= 15 is 0 Å². The number of nitrogens with zero attached hydrogens (tertiary/aromatic N) is 3. The van der Waals surface area contributed by atoms with Crippen molar-refractivity contribution in [2.45, 2.75) is 13.8 Å². The van der Waals surface area contributed by atoms with Crippen molar-refractivity contribution in [1.29, 1.82) is 0 Å². The molecule has 0 bridgehead atoms. The second-order valence-electron chi connectivity index (χ2n) is 3.71. The van der Waals surface area contributed by atoms with Gasteiger partial charge in [0.15, 0.2) is 0 Å². The summed E-state index contributed by atoms with van der Waals surface area (Å²) < 4.78 is 1.92. The molecule has 0 aliphatic rings. The first-order valence-corrected chi connectivity index (χ1v) is 5.07. The van der Waals surface area contributed by atoms with Crippen molar-refractivity contribution in [2.24, 2.45) is 10.9 Å². The Kier molecular flexibility index (Phi) is 2.72. The molecular formula is C12H14N4. The first kappa shape index (κ1) is 10.4. The van der Waals surface area contributed by atoms with E-state index in [2.05, 4.69) is 16.3 Å². The summed E-state index contributed by atoms with van der Waals surface area (Å²) in [5.74, 6) is 5.09. The minimum Gasteiger partial charge on any atom is -0.323 e. The lowest BCUT2D eigenvalue weighted by molar-refractivity contribution is 0.833. The van der Waals surface area contributed by atoms with Crippen LogP contribution >= 0.6 is 0 Å². The second kappa shape index (κ2) is 4.18. The van der Waals surface area contributed by atoms with Gasteiger partial charge in [0.05, 0.1) is 17.6 Å². The van der Waals surface area contributed by atoms with E-state index in [1.807, 2.05) is 42.8 Å². The fraction of sp³-hybridized carbons (Fsp3) is 0.167. The number of aromatic nitrogens is 2. The number of nitrogens with two attached hydrogens (primary N) is 1. The van der Waals surface area contributed by atoms with Gasteiger partial charge in [-0.25, -0.2) is 4.68 Å². The Bertz CT molecular complexity index is 508. The van der Waals surface area contributed by atoms with Crippen molar-refractivity contribution in [1.82, 2.24) is 9.78 Å². The normalized spacial score (nSPS) is 11.1. The monoisotopic (exact) mass is 214 g/mol. The Labute approximate surface area is 94.4 Å². The van der Waals surface area contributed by atoms with Crippen LogP contribution in [0.4, 0.5) is 0 Å². The molecule has 1 aromatic carbocycles. The smallest absolute Gasteiger partial charge is 0.0649 e. The lowest BCUT2D eigenvalue weighted by Gasteiger charge is -2.04. The Morgan fingerprint density at radius 3 is 2.44 bits per heavy atom. The van der Waals surface area contributed by atoms with Gasteiger partial charge in [0, 0.05) is 5.69 Å². The maximum atomic E-state index is 5.09. The topological polar surface area (TPSA) is 56.2 Å². The fourth-order valence-electron chi connectivity index (χ4n) is 1.68. The predicted molar refractivity (Wildman–Crippen MR) is 64.8 cm³/mol. The highest BCUT2D eigenvalue weighted by Crippen LogP contribution is 2.12. The van der Waals surface area contributed by atoms with Crippen LogP contribution in [0.15, 0.2) is 35.4 Å². The van der Waals surface area contributed by atoms with Gasteiger partial charge < -0.3 is 5.84 Å². The molecular weight excluding hydrogens is 200 g/mol. The summed E-state index contributed by atoms with van der Waals surface area (Å²) in [6.45, 7) is 4.02. The van der Waals surface area contributed by atoms with E-state index in [0.717, 1.165) is 22.6 Å².